The monoisotopic (exact) mass is 164 g/mol. The zero-order valence-corrected chi connectivity index (χ0v) is 7.05. The van der Waals surface area contributed by atoms with Crippen LogP contribution in [-0.2, 0) is 0 Å². The fourth-order valence-electron chi connectivity index (χ4n) is 1.47. The highest BCUT2D eigenvalue weighted by Crippen LogP contribution is 2.41. The fraction of sp³-hybridized carbons (Fsp3) is 0.444. The minimum Gasteiger partial charge on any atom is -0.394 e. The number of anilines is 1. The zero-order chi connectivity index (χ0) is 8.72. The maximum absolute atomic E-state index is 11.1. The molecule has 1 aromatic heterocycles. The predicted molar refractivity (Wildman–Crippen MR) is 48.2 cm³/mol. The lowest BCUT2D eigenvalue weighted by atomic mass is 10.1. The summed E-state index contributed by atoms with van der Waals surface area (Å²) < 4.78 is 0. The summed E-state index contributed by atoms with van der Waals surface area (Å²) in [6.45, 7) is 1.93. The molecule has 0 bridgehead atoms. The molecule has 3 nitrogen and oxygen atoms in total. The van der Waals surface area contributed by atoms with Gasteiger partial charge in [0.15, 0.2) is 0 Å². The van der Waals surface area contributed by atoms with Crippen molar-refractivity contribution in [3.05, 3.63) is 27.7 Å². The van der Waals surface area contributed by atoms with Crippen LogP contribution >= 0.6 is 0 Å². The third kappa shape index (κ3) is 1.11. The highest BCUT2D eigenvalue weighted by molar-refractivity contribution is 5.42. The molecule has 0 spiro atoms. The Labute approximate surface area is 70.6 Å². The summed E-state index contributed by atoms with van der Waals surface area (Å²) in [5, 5.41) is 0. The van der Waals surface area contributed by atoms with Gasteiger partial charge in [0.2, 0.25) is 0 Å². The third-order valence-electron chi connectivity index (χ3n) is 2.32. The average molecular weight is 164 g/mol. The van der Waals surface area contributed by atoms with E-state index in [4.69, 9.17) is 5.73 Å². The van der Waals surface area contributed by atoms with E-state index < -0.39 is 0 Å². The van der Waals surface area contributed by atoms with Gasteiger partial charge in [-0.05, 0) is 37.3 Å². The molecule has 1 aliphatic carbocycles. The van der Waals surface area contributed by atoms with E-state index >= 15 is 0 Å². The number of nitrogens with two attached hydrogens (primary N) is 1. The van der Waals surface area contributed by atoms with Gasteiger partial charge < -0.3 is 10.7 Å². The molecule has 0 radical (unpaired) electrons. The Morgan fingerprint density at radius 2 is 2.25 bits per heavy atom. The number of hydrogen-bond acceptors (Lipinski definition) is 2. The van der Waals surface area contributed by atoms with Gasteiger partial charge in [-0.15, -0.1) is 0 Å². The van der Waals surface area contributed by atoms with Crippen molar-refractivity contribution in [2.75, 3.05) is 5.73 Å². The maximum Gasteiger partial charge on any atom is 0.271 e. The number of aryl methyl sites for hydroxylation is 1. The molecule has 0 atom stereocenters. The lowest BCUT2D eigenvalue weighted by Gasteiger charge is -2.03. The Morgan fingerprint density at radius 1 is 1.58 bits per heavy atom. The minimum atomic E-state index is -0.170. The van der Waals surface area contributed by atoms with Crippen LogP contribution in [0.2, 0.25) is 0 Å². The Morgan fingerprint density at radius 3 is 2.83 bits per heavy atom. The summed E-state index contributed by atoms with van der Waals surface area (Å²) in [5.74, 6) is 0.643. The molecular formula is C9H12N2O. The largest absolute Gasteiger partial charge is 0.394 e. The normalized spacial score (nSPS) is 16.4. The Kier molecular flexibility index (Phi) is 1.46. The van der Waals surface area contributed by atoms with Crippen LogP contribution in [0, 0.1) is 6.92 Å². The number of nitrogen functional groups attached to an aromatic ring is 1. The molecule has 0 aromatic carbocycles. The van der Waals surface area contributed by atoms with Gasteiger partial charge in [0.05, 0.1) is 5.69 Å². The van der Waals surface area contributed by atoms with Crippen LogP contribution in [0.25, 0.3) is 0 Å². The van der Waals surface area contributed by atoms with Gasteiger partial charge in [0.1, 0.15) is 0 Å². The molecule has 1 fully saturated rings. The van der Waals surface area contributed by atoms with Crippen molar-refractivity contribution in [3.8, 4) is 0 Å². The van der Waals surface area contributed by atoms with Crippen molar-refractivity contribution < 1.29 is 0 Å². The van der Waals surface area contributed by atoms with E-state index in [2.05, 4.69) is 4.98 Å². The first-order valence-corrected chi connectivity index (χ1v) is 4.18. The van der Waals surface area contributed by atoms with Crippen molar-refractivity contribution in [3.63, 3.8) is 0 Å². The first kappa shape index (κ1) is 7.40. The minimum absolute atomic E-state index is 0.170. The van der Waals surface area contributed by atoms with E-state index in [1.165, 1.54) is 18.4 Å². The number of aromatic nitrogens is 1. The van der Waals surface area contributed by atoms with E-state index in [0.29, 0.717) is 11.6 Å². The van der Waals surface area contributed by atoms with E-state index in [1.807, 2.05) is 13.0 Å². The van der Waals surface area contributed by atoms with Crippen molar-refractivity contribution in [2.24, 2.45) is 0 Å². The van der Waals surface area contributed by atoms with Crippen LogP contribution < -0.4 is 11.3 Å². The molecule has 0 amide bonds. The van der Waals surface area contributed by atoms with Gasteiger partial charge in [-0.2, -0.15) is 0 Å². The summed E-state index contributed by atoms with van der Waals surface area (Å²) in [4.78, 5) is 13.8. The third-order valence-corrected chi connectivity index (χ3v) is 2.32. The summed E-state index contributed by atoms with van der Waals surface area (Å²) in [6, 6.07) is 1.81. The molecule has 1 aliphatic rings. The van der Waals surface area contributed by atoms with Crippen LogP contribution in [0.5, 0.6) is 0 Å². The van der Waals surface area contributed by atoms with Gasteiger partial charge in [0, 0.05) is 5.69 Å². The summed E-state index contributed by atoms with van der Waals surface area (Å²) in [7, 11) is 0. The van der Waals surface area contributed by atoms with E-state index in [0.717, 1.165) is 5.69 Å². The standard InChI is InChI=1S/C9H12N2O/c1-5-7(6-2-3-6)4-8(10)9(12)11-5/h4,6H,2-3,10H2,1H3,(H,11,12). The van der Waals surface area contributed by atoms with Gasteiger partial charge in [-0.25, -0.2) is 0 Å². The van der Waals surface area contributed by atoms with Crippen molar-refractivity contribution in [2.45, 2.75) is 25.7 Å². The summed E-state index contributed by atoms with van der Waals surface area (Å²) in [5.41, 5.74) is 7.86. The van der Waals surface area contributed by atoms with Crippen LogP contribution in [-0.4, -0.2) is 4.98 Å². The lowest BCUT2D eigenvalue weighted by Crippen LogP contribution is -2.13. The van der Waals surface area contributed by atoms with Crippen LogP contribution in [0.15, 0.2) is 10.9 Å². The second-order valence-corrected chi connectivity index (χ2v) is 3.41. The number of pyridine rings is 1. The second-order valence-electron chi connectivity index (χ2n) is 3.41. The van der Waals surface area contributed by atoms with Gasteiger partial charge >= 0.3 is 0 Å². The topological polar surface area (TPSA) is 58.9 Å². The number of hydrogen-bond donors (Lipinski definition) is 2. The van der Waals surface area contributed by atoms with E-state index in [-0.39, 0.29) is 5.56 Å². The van der Waals surface area contributed by atoms with Gasteiger partial charge in [-0.3, -0.25) is 4.79 Å². The zero-order valence-electron chi connectivity index (χ0n) is 7.05. The molecule has 1 heterocycles. The summed E-state index contributed by atoms with van der Waals surface area (Å²) >= 11 is 0. The van der Waals surface area contributed by atoms with Crippen LogP contribution in [0.3, 0.4) is 0 Å². The number of aromatic amines is 1. The first-order valence-electron chi connectivity index (χ1n) is 4.18. The van der Waals surface area contributed by atoms with Gasteiger partial charge in [-0.1, -0.05) is 0 Å². The molecule has 3 heteroatoms. The van der Waals surface area contributed by atoms with Crippen molar-refractivity contribution in [1.29, 1.82) is 0 Å². The molecule has 2 rings (SSSR count). The quantitative estimate of drug-likeness (QED) is 0.654. The number of H-pyrrole nitrogens is 1. The predicted octanol–water partition coefficient (Wildman–Crippen LogP) is 1.14. The molecule has 3 N–H and O–H groups in total. The van der Waals surface area contributed by atoms with E-state index in [9.17, 15) is 4.79 Å². The van der Waals surface area contributed by atoms with E-state index in [1.54, 1.807) is 0 Å². The molecule has 0 unspecified atom stereocenters. The molecule has 0 aliphatic heterocycles. The fourth-order valence-corrected chi connectivity index (χ4v) is 1.47. The molecule has 12 heavy (non-hydrogen) atoms. The Balaban J connectivity index is 2.54. The molecular weight excluding hydrogens is 152 g/mol. The highest BCUT2D eigenvalue weighted by atomic mass is 16.1. The van der Waals surface area contributed by atoms with Crippen LogP contribution in [0.1, 0.15) is 30.0 Å². The molecule has 64 valence electrons. The highest BCUT2D eigenvalue weighted by Gasteiger charge is 2.25. The average Bonchev–Trinajstić information content (AvgIpc) is 2.79. The van der Waals surface area contributed by atoms with Crippen molar-refractivity contribution >= 4 is 5.69 Å². The smallest absolute Gasteiger partial charge is 0.271 e. The van der Waals surface area contributed by atoms with Gasteiger partial charge in [0.25, 0.3) is 5.56 Å². The van der Waals surface area contributed by atoms with Crippen molar-refractivity contribution in [1.82, 2.24) is 4.98 Å². The summed E-state index contributed by atoms with van der Waals surface area (Å²) in [6.07, 6.45) is 2.46. The first-order chi connectivity index (χ1) is 5.68. The number of nitrogens with one attached hydrogen (secondary N) is 1. The molecule has 1 saturated carbocycles. The Hall–Kier alpha value is -1.25. The number of rotatable bonds is 1. The Bertz CT molecular complexity index is 363. The lowest BCUT2D eigenvalue weighted by molar-refractivity contribution is 1.02. The SMILES string of the molecule is Cc1[nH]c(=O)c(N)cc1C1CC1. The molecule has 0 saturated heterocycles. The molecule has 1 aromatic rings. The second kappa shape index (κ2) is 2.37. The van der Waals surface area contributed by atoms with Crippen LogP contribution in [0.4, 0.5) is 5.69 Å². The maximum atomic E-state index is 11.1.